The molecule has 0 amide bonds. The third-order valence-corrected chi connectivity index (χ3v) is 6.07. The quantitative estimate of drug-likeness (QED) is 0.371. The van der Waals surface area contributed by atoms with Gasteiger partial charge in [-0.2, -0.15) is 0 Å². The Hall–Kier alpha value is -2.30. The maximum Gasteiger partial charge on any atom is 0.232 e. The Balaban J connectivity index is 1.59. The van der Waals surface area contributed by atoms with E-state index in [-0.39, 0.29) is 18.5 Å². The highest BCUT2D eigenvalue weighted by atomic mass is 19.1. The standard InChI is InChI=1S/C25H34FN3O5/c1-2-11-32-18-21(30)15-28(16-22-4-3-12-33-22)17-23-24(19-5-7-20(26)8-6-19)27-34-25(23)29-9-13-31-14-10-29/h2,5-8,21-22,30H,1,3-4,9-18H2/t21-,22+/m0/s1. The van der Waals surface area contributed by atoms with Crippen LogP contribution in [-0.2, 0) is 20.8 Å². The van der Waals surface area contributed by atoms with Gasteiger partial charge in [-0.15, -0.1) is 6.58 Å². The molecular weight excluding hydrogens is 441 g/mol. The number of aromatic nitrogens is 1. The lowest BCUT2D eigenvalue weighted by molar-refractivity contribution is 0.00857. The second-order valence-electron chi connectivity index (χ2n) is 8.73. The molecule has 0 saturated carbocycles. The number of anilines is 1. The summed E-state index contributed by atoms with van der Waals surface area (Å²) in [7, 11) is 0. The van der Waals surface area contributed by atoms with Crippen LogP contribution in [0.2, 0.25) is 0 Å². The molecule has 2 fully saturated rings. The second-order valence-corrected chi connectivity index (χ2v) is 8.73. The van der Waals surface area contributed by atoms with Crippen LogP contribution in [0, 0.1) is 5.82 Å². The lowest BCUT2D eigenvalue weighted by atomic mass is 10.1. The van der Waals surface area contributed by atoms with E-state index in [4.69, 9.17) is 18.7 Å². The highest BCUT2D eigenvalue weighted by Crippen LogP contribution is 2.33. The minimum Gasteiger partial charge on any atom is -0.389 e. The van der Waals surface area contributed by atoms with E-state index < -0.39 is 6.10 Å². The van der Waals surface area contributed by atoms with Gasteiger partial charge in [0.05, 0.1) is 44.2 Å². The van der Waals surface area contributed by atoms with Crippen molar-refractivity contribution in [3.63, 3.8) is 0 Å². The smallest absolute Gasteiger partial charge is 0.232 e. The van der Waals surface area contributed by atoms with E-state index in [1.807, 2.05) is 0 Å². The van der Waals surface area contributed by atoms with Crippen molar-refractivity contribution in [3.8, 4) is 11.3 Å². The molecule has 1 aromatic heterocycles. The summed E-state index contributed by atoms with van der Waals surface area (Å²) in [5.41, 5.74) is 2.37. The number of aliphatic hydroxyl groups is 1. The van der Waals surface area contributed by atoms with Crippen molar-refractivity contribution in [2.75, 3.05) is 64.1 Å². The van der Waals surface area contributed by atoms with Crippen molar-refractivity contribution in [1.82, 2.24) is 10.1 Å². The summed E-state index contributed by atoms with van der Waals surface area (Å²) in [6, 6.07) is 6.27. The highest BCUT2D eigenvalue weighted by molar-refractivity contribution is 5.68. The molecule has 0 bridgehead atoms. The Morgan fingerprint density at radius 2 is 2.06 bits per heavy atom. The molecule has 2 saturated heterocycles. The number of aliphatic hydroxyl groups excluding tert-OH is 1. The molecule has 0 aliphatic carbocycles. The van der Waals surface area contributed by atoms with Crippen molar-refractivity contribution < 1.29 is 28.2 Å². The predicted molar refractivity (Wildman–Crippen MR) is 126 cm³/mol. The summed E-state index contributed by atoms with van der Waals surface area (Å²) in [6.07, 6.45) is 3.14. The van der Waals surface area contributed by atoms with Crippen LogP contribution >= 0.6 is 0 Å². The monoisotopic (exact) mass is 475 g/mol. The molecule has 0 unspecified atom stereocenters. The predicted octanol–water partition coefficient (Wildman–Crippen LogP) is 2.86. The Kier molecular flexibility index (Phi) is 9.06. The maximum absolute atomic E-state index is 13.6. The van der Waals surface area contributed by atoms with Crippen LogP contribution in [0.4, 0.5) is 10.3 Å². The van der Waals surface area contributed by atoms with Gasteiger partial charge in [0.2, 0.25) is 5.88 Å². The van der Waals surface area contributed by atoms with Gasteiger partial charge < -0.3 is 28.7 Å². The van der Waals surface area contributed by atoms with Gasteiger partial charge >= 0.3 is 0 Å². The van der Waals surface area contributed by atoms with Crippen molar-refractivity contribution in [2.45, 2.75) is 31.6 Å². The van der Waals surface area contributed by atoms with Crippen LogP contribution in [0.5, 0.6) is 0 Å². The van der Waals surface area contributed by atoms with E-state index >= 15 is 0 Å². The lowest BCUT2D eigenvalue weighted by Gasteiger charge is -2.30. The third kappa shape index (κ3) is 6.64. The molecular formula is C25H34FN3O5. The fourth-order valence-electron chi connectivity index (χ4n) is 4.43. The highest BCUT2D eigenvalue weighted by Gasteiger charge is 2.28. The Labute approximate surface area is 199 Å². The molecule has 0 radical (unpaired) electrons. The Morgan fingerprint density at radius 1 is 1.26 bits per heavy atom. The molecule has 186 valence electrons. The van der Waals surface area contributed by atoms with E-state index in [2.05, 4.69) is 21.5 Å². The lowest BCUT2D eigenvalue weighted by Crippen LogP contribution is -2.40. The fraction of sp³-hybridized carbons (Fsp3) is 0.560. The molecule has 1 aromatic carbocycles. The topological polar surface area (TPSA) is 80.4 Å². The number of nitrogens with zero attached hydrogens (tertiary/aromatic N) is 3. The normalized spacial score (nSPS) is 19.6. The number of benzene rings is 1. The summed E-state index contributed by atoms with van der Waals surface area (Å²) in [4.78, 5) is 4.30. The third-order valence-electron chi connectivity index (χ3n) is 6.07. The van der Waals surface area contributed by atoms with E-state index in [1.54, 1.807) is 18.2 Å². The molecule has 4 rings (SSSR count). The molecule has 9 heteroatoms. The van der Waals surface area contributed by atoms with Crippen molar-refractivity contribution in [2.24, 2.45) is 0 Å². The molecule has 2 aromatic rings. The van der Waals surface area contributed by atoms with Crippen molar-refractivity contribution in [1.29, 1.82) is 0 Å². The zero-order valence-corrected chi connectivity index (χ0v) is 19.5. The summed E-state index contributed by atoms with van der Waals surface area (Å²) >= 11 is 0. The first-order valence-electron chi connectivity index (χ1n) is 11.9. The van der Waals surface area contributed by atoms with Crippen LogP contribution in [0.3, 0.4) is 0 Å². The van der Waals surface area contributed by atoms with E-state index in [0.29, 0.717) is 64.1 Å². The van der Waals surface area contributed by atoms with Crippen molar-refractivity contribution in [3.05, 3.63) is 48.3 Å². The van der Waals surface area contributed by atoms with Crippen LogP contribution in [0.15, 0.2) is 41.4 Å². The first-order chi connectivity index (χ1) is 16.6. The SMILES string of the molecule is C=CCOC[C@@H](O)CN(Cc1c(-c2ccc(F)cc2)noc1N1CCOCC1)C[C@H]1CCCO1. The zero-order valence-electron chi connectivity index (χ0n) is 19.5. The van der Waals surface area contributed by atoms with Crippen LogP contribution in [-0.4, -0.2) is 86.6 Å². The van der Waals surface area contributed by atoms with Gasteiger partial charge in [-0.3, -0.25) is 4.90 Å². The molecule has 3 heterocycles. The van der Waals surface area contributed by atoms with E-state index in [1.165, 1.54) is 12.1 Å². The number of hydrogen-bond donors (Lipinski definition) is 1. The van der Waals surface area contributed by atoms with Gasteiger partial charge in [-0.25, -0.2) is 4.39 Å². The molecule has 34 heavy (non-hydrogen) atoms. The molecule has 8 nitrogen and oxygen atoms in total. The number of halogens is 1. The Bertz CT molecular complexity index is 894. The van der Waals surface area contributed by atoms with E-state index in [0.717, 1.165) is 30.6 Å². The second kappa shape index (κ2) is 12.4. The molecule has 1 N–H and O–H groups in total. The van der Waals surface area contributed by atoms with Crippen LogP contribution in [0.25, 0.3) is 11.3 Å². The number of ether oxygens (including phenoxy) is 3. The summed E-state index contributed by atoms with van der Waals surface area (Å²) in [5.74, 6) is 0.391. The number of rotatable bonds is 12. The first kappa shape index (κ1) is 24.8. The average Bonchev–Trinajstić information content (AvgIpc) is 3.50. The van der Waals surface area contributed by atoms with Gasteiger partial charge in [0, 0.05) is 44.9 Å². The minimum atomic E-state index is -0.665. The van der Waals surface area contributed by atoms with Crippen molar-refractivity contribution >= 4 is 5.88 Å². The minimum absolute atomic E-state index is 0.113. The van der Waals surface area contributed by atoms with Crippen LogP contribution < -0.4 is 4.90 Å². The number of morpholine rings is 1. The first-order valence-corrected chi connectivity index (χ1v) is 11.9. The van der Waals surface area contributed by atoms with Gasteiger partial charge in [-0.1, -0.05) is 11.2 Å². The van der Waals surface area contributed by atoms with Gasteiger partial charge in [0.1, 0.15) is 11.5 Å². The van der Waals surface area contributed by atoms with Gasteiger partial charge in [0.15, 0.2) is 0 Å². The molecule has 2 aliphatic rings. The fourth-order valence-corrected chi connectivity index (χ4v) is 4.43. The van der Waals surface area contributed by atoms with Crippen LogP contribution in [0.1, 0.15) is 18.4 Å². The maximum atomic E-state index is 13.6. The number of hydrogen-bond acceptors (Lipinski definition) is 8. The molecule has 0 spiro atoms. The largest absolute Gasteiger partial charge is 0.389 e. The zero-order chi connectivity index (χ0) is 23.8. The molecule has 2 aliphatic heterocycles. The molecule has 2 atom stereocenters. The van der Waals surface area contributed by atoms with Gasteiger partial charge in [0.25, 0.3) is 0 Å². The van der Waals surface area contributed by atoms with Gasteiger partial charge in [-0.05, 0) is 37.1 Å². The summed E-state index contributed by atoms with van der Waals surface area (Å²) < 4.78 is 36.3. The average molecular weight is 476 g/mol. The summed E-state index contributed by atoms with van der Waals surface area (Å²) in [5, 5.41) is 15.0. The Morgan fingerprint density at radius 3 is 2.76 bits per heavy atom. The van der Waals surface area contributed by atoms with E-state index in [9.17, 15) is 9.50 Å². The summed E-state index contributed by atoms with van der Waals surface area (Å²) in [6.45, 7) is 9.25.